The van der Waals surface area contributed by atoms with E-state index in [1.165, 1.54) is 11.6 Å². The van der Waals surface area contributed by atoms with Crippen molar-refractivity contribution < 1.29 is 8.42 Å². The maximum absolute atomic E-state index is 11.3. The Morgan fingerprint density at radius 3 is 2.19 bits per heavy atom. The van der Waals surface area contributed by atoms with Crippen molar-refractivity contribution in [3.05, 3.63) is 53.6 Å². The molecule has 6 heteroatoms. The highest BCUT2D eigenvalue weighted by Gasteiger charge is 2.12. The molecule has 112 valence electrons. The predicted octanol–water partition coefficient (Wildman–Crippen LogP) is 2.09. The lowest BCUT2D eigenvalue weighted by atomic mass is 10.1. The molecule has 0 aliphatic carbocycles. The van der Waals surface area contributed by atoms with Crippen molar-refractivity contribution in [1.82, 2.24) is 0 Å². The van der Waals surface area contributed by atoms with E-state index in [-0.39, 0.29) is 10.6 Å². The van der Waals surface area contributed by atoms with Gasteiger partial charge in [-0.05, 0) is 35.7 Å². The third-order valence-electron chi connectivity index (χ3n) is 3.24. The topological polar surface area (TPSA) is 98.2 Å². The largest absolute Gasteiger partial charge is 0.398 e. The molecule has 0 saturated heterocycles. The number of sulfonamides is 1. The molecule has 0 aromatic heterocycles. The second kappa shape index (κ2) is 6.15. The van der Waals surface area contributed by atoms with Crippen molar-refractivity contribution in [3.8, 4) is 0 Å². The number of anilines is 2. The van der Waals surface area contributed by atoms with Crippen LogP contribution >= 0.6 is 0 Å². The molecule has 2 rings (SSSR count). The van der Waals surface area contributed by atoms with Gasteiger partial charge in [0, 0.05) is 12.2 Å². The van der Waals surface area contributed by atoms with E-state index in [1.807, 2.05) is 0 Å². The first kappa shape index (κ1) is 15.3. The van der Waals surface area contributed by atoms with Crippen LogP contribution in [-0.4, -0.2) is 8.42 Å². The number of hydrogen-bond acceptors (Lipinski definition) is 4. The van der Waals surface area contributed by atoms with E-state index in [4.69, 9.17) is 10.9 Å². The standard InChI is InChI=1S/C15H19N3O2S/c1-2-11-3-5-12(6-4-11)10-18-13-7-8-15(14(16)9-13)21(17,19)20/h3-9,18H,2,10,16H2,1H3,(H2,17,19,20). The molecule has 0 unspecified atom stereocenters. The summed E-state index contributed by atoms with van der Waals surface area (Å²) in [6.07, 6.45) is 1.01. The van der Waals surface area contributed by atoms with E-state index in [1.54, 1.807) is 12.1 Å². The number of hydrogen-bond donors (Lipinski definition) is 3. The van der Waals surface area contributed by atoms with Gasteiger partial charge in [-0.25, -0.2) is 13.6 Å². The van der Waals surface area contributed by atoms with Gasteiger partial charge >= 0.3 is 0 Å². The van der Waals surface area contributed by atoms with Gasteiger partial charge in [-0.15, -0.1) is 0 Å². The molecule has 0 bridgehead atoms. The Kier molecular flexibility index (Phi) is 4.50. The van der Waals surface area contributed by atoms with Gasteiger partial charge in [0.2, 0.25) is 10.0 Å². The van der Waals surface area contributed by atoms with Crippen LogP contribution in [0.2, 0.25) is 0 Å². The highest BCUT2D eigenvalue weighted by atomic mass is 32.2. The van der Waals surface area contributed by atoms with E-state index in [9.17, 15) is 8.42 Å². The third-order valence-corrected chi connectivity index (χ3v) is 4.23. The zero-order chi connectivity index (χ0) is 15.5. The summed E-state index contributed by atoms with van der Waals surface area (Å²) in [5.74, 6) is 0. The van der Waals surface area contributed by atoms with E-state index < -0.39 is 10.0 Å². The van der Waals surface area contributed by atoms with Gasteiger partial charge in [0.05, 0.1) is 5.69 Å². The molecule has 0 saturated carbocycles. The fraction of sp³-hybridized carbons (Fsp3) is 0.200. The van der Waals surface area contributed by atoms with Crippen LogP contribution in [0, 0.1) is 0 Å². The van der Waals surface area contributed by atoms with Crippen LogP contribution < -0.4 is 16.2 Å². The molecule has 0 fully saturated rings. The maximum atomic E-state index is 11.3. The molecule has 0 aliphatic rings. The summed E-state index contributed by atoms with van der Waals surface area (Å²) in [4.78, 5) is -0.0552. The molecule has 0 atom stereocenters. The minimum Gasteiger partial charge on any atom is -0.398 e. The van der Waals surface area contributed by atoms with E-state index >= 15 is 0 Å². The molecular formula is C15H19N3O2S. The molecule has 0 aliphatic heterocycles. The van der Waals surface area contributed by atoms with Gasteiger partial charge in [-0.3, -0.25) is 0 Å². The summed E-state index contributed by atoms with van der Waals surface area (Å²) in [6, 6.07) is 12.9. The van der Waals surface area contributed by atoms with Crippen molar-refractivity contribution in [1.29, 1.82) is 0 Å². The van der Waals surface area contributed by atoms with Crippen LogP contribution in [0.3, 0.4) is 0 Å². The first-order valence-corrected chi connectivity index (χ1v) is 8.19. The molecule has 0 heterocycles. The van der Waals surface area contributed by atoms with Gasteiger partial charge < -0.3 is 11.1 Å². The quantitative estimate of drug-likeness (QED) is 0.737. The van der Waals surface area contributed by atoms with Crippen LogP contribution in [0.25, 0.3) is 0 Å². The summed E-state index contributed by atoms with van der Waals surface area (Å²) >= 11 is 0. The summed E-state index contributed by atoms with van der Waals surface area (Å²) < 4.78 is 22.6. The van der Waals surface area contributed by atoms with Gasteiger partial charge in [0.15, 0.2) is 0 Å². The number of rotatable bonds is 5. The maximum Gasteiger partial charge on any atom is 0.240 e. The Bertz CT molecular complexity index is 725. The van der Waals surface area contributed by atoms with Gasteiger partial charge in [-0.1, -0.05) is 31.2 Å². The van der Waals surface area contributed by atoms with Crippen LogP contribution in [0.5, 0.6) is 0 Å². The minimum absolute atomic E-state index is 0.0552. The van der Waals surface area contributed by atoms with E-state index in [0.717, 1.165) is 17.7 Å². The van der Waals surface area contributed by atoms with Crippen molar-refractivity contribution in [2.75, 3.05) is 11.1 Å². The molecule has 2 aromatic rings. The van der Waals surface area contributed by atoms with E-state index in [0.29, 0.717) is 6.54 Å². The average Bonchev–Trinajstić information content (AvgIpc) is 2.44. The number of aryl methyl sites for hydroxylation is 1. The Morgan fingerprint density at radius 2 is 1.67 bits per heavy atom. The number of nitrogens with two attached hydrogens (primary N) is 2. The monoisotopic (exact) mass is 305 g/mol. The summed E-state index contributed by atoms with van der Waals surface area (Å²) in [5, 5.41) is 8.27. The lowest BCUT2D eigenvalue weighted by molar-refractivity contribution is 0.598. The Labute approximate surface area is 125 Å². The zero-order valence-electron chi connectivity index (χ0n) is 11.8. The van der Waals surface area contributed by atoms with Crippen LogP contribution in [0.4, 0.5) is 11.4 Å². The van der Waals surface area contributed by atoms with Crippen LogP contribution in [-0.2, 0) is 23.0 Å². The molecule has 5 nitrogen and oxygen atoms in total. The third kappa shape index (κ3) is 3.96. The van der Waals surface area contributed by atoms with Gasteiger partial charge in [0.25, 0.3) is 0 Å². The lowest BCUT2D eigenvalue weighted by Gasteiger charge is -2.10. The smallest absolute Gasteiger partial charge is 0.240 e. The molecule has 2 aromatic carbocycles. The van der Waals surface area contributed by atoms with Gasteiger partial charge in [0.1, 0.15) is 4.90 Å². The van der Waals surface area contributed by atoms with Crippen molar-refractivity contribution in [3.63, 3.8) is 0 Å². The first-order valence-electron chi connectivity index (χ1n) is 6.64. The van der Waals surface area contributed by atoms with Crippen molar-refractivity contribution in [2.24, 2.45) is 5.14 Å². The Balaban J connectivity index is 2.08. The molecule has 0 radical (unpaired) electrons. The molecule has 0 spiro atoms. The second-order valence-electron chi connectivity index (χ2n) is 4.82. The summed E-state index contributed by atoms with van der Waals surface area (Å²) in [6.45, 7) is 2.75. The molecular weight excluding hydrogens is 286 g/mol. The predicted molar refractivity (Wildman–Crippen MR) is 85.4 cm³/mol. The second-order valence-corrected chi connectivity index (χ2v) is 6.35. The molecule has 0 amide bonds. The van der Waals surface area contributed by atoms with Crippen molar-refractivity contribution in [2.45, 2.75) is 24.8 Å². The highest BCUT2D eigenvalue weighted by Crippen LogP contribution is 2.21. The van der Waals surface area contributed by atoms with Gasteiger partial charge in [-0.2, -0.15) is 0 Å². The average molecular weight is 305 g/mol. The van der Waals surface area contributed by atoms with Crippen molar-refractivity contribution >= 4 is 21.4 Å². The number of nitrogen functional groups attached to an aromatic ring is 1. The first-order chi connectivity index (χ1) is 9.90. The fourth-order valence-corrected chi connectivity index (χ4v) is 2.66. The SMILES string of the molecule is CCc1ccc(CNc2ccc(S(N)(=O)=O)c(N)c2)cc1. The number of benzene rings is 2. The van der Waals surface area contributed by atoms with E-state index in [2.05, 4.69) is 36.5 Å². The fourth-order valence-electron chi connectivity index (χ4n) is 2.01. The number of nitrogens with one attached hydrogen (secondary N) is 1. The normalized spacial score (nSPS) is 11.3. The van der Waals surface area contributed by atoms with Crippen LogP contribution in [0.15, 0.2) is 47.4 Å². The number of primary sulfonamides is 1. The highest BCUT2D eigenvalue weighted by molar-refractivity contribution is 7.89. The molecule has 21 heavy (non-hydrogen) atoms. The lowest BCUT2D eigenvalue weighted by Crippen LogP contribution is -2.14. The Hall–Kier alpha value is -2.05. The zero-order valence-corrected chi connectivity index (χ0v) is 12.7. The summed E-state index contributed by atoms with van der Waals surface area (Å²) in [7, 11) is -3.78. The minimum atomic E-state index is -3.78. The Morgan fingerprint density at radius 1 is 1.05 bits per heavy atom. The van der Waals surface area contributed by atoms with Crippen LogP contribution in [0.1, 0.15) is 18.1 Å². The molecule has 5 N–H and O–H groups in total. The summed E-state index contributed by atoms with van der Waals surface area (Å²) in [5.41, 5.74) is 9.04.